The Hall–Kier alpha value is -1.11. The number of rotatable bonds is 3. The van der Waals surface area contributed by atoms with Crippen LogP contribution in [0.1, 0.15) is 31.2 Å². The lowest BCUT2D eigenvalue weighted by Gasteiger charge is -1.99. The predicted octanol–water partition coefficient (Wildman–Crippen LogP) is 5.06. The number of thiazole rings is 1. The number of benzene rings is 1. The van der Waals surface area contributed by atoms with Gasteiger partial charge in [0.25, 0.3) is 5.56 Å². The van der Waals surface area contributed by atoms with E-state index in [4.69, 9.17) is 46.4 Å². The van der Waals surface area contributed by atoms with Gasteiger partial charge in [0, 0.05) is 21.5 Å². The number of allylic oxidation sites excluding steroid dienone is 1. The highest BCUT2D eigenvalue weighted by molar-refractivity contribution is 7.15. The zero-order valence-electron chi connectivity index (χ0n) is 14.2. The zero-order valence-corrected chi connectivity index (χ0v) is 18.1. The van der Waals surface area contributed by atoms with Crippen LogP contribution in [0.5, 0.6) is 0 Å². The largest absolute Gasteiger partial charge is 0.291 e. The third kappa shape index (κ3) is 3.30. The number of hydrogen-bond donors (Lipinski definition) is 0. The van der Waals surface area contributed by atoms with Gasteiger partial charge in [-0.25, -0.2) is 4.98 Å². The minimum Gasteiger partial charge on any atom is -0.266 e. The molecule has 0 N–H and O–H groups in total. The monoisotopic (exact) mass is 459 g/mol. The SMILES string of the molecule is CC1(C)C(C=C(Cl)Cl)C1c1nc2s/c(=C\c3c(Cl)cccc3Cl)c(=O)n2n1. The summed E-state index contributed by atoms with van der Waals surface area (Å²) in [6.07, 6.45) is 3.48. The summed E-state index contributed by atoms with van der Waals surface area (Å²) in [6.45, 7) is 4.20. The first-order valence-electron chi connectivity index (χ1n) is 8.08. The number of nitrogens with zero attached hydrogens (tertiary/aromatic N) is 3. The van der Waals surface area contributed by atoms with Gasteiger partial charge >= 0.3 is 0 Å². The predicted molar refractivity (Wildman–Crippen MR) is 112 cm³/mol. The van der Waals surface area contributed by atoms with Gasteiger partial charge in [-0.05, 0) is 35.6 Å². The second-order valence-corrected chi connectivity index (χ2v) is 9.83. The smallest absolute Gasteiger partial charge is 0.266 e. The first-order valence-corrected chi connectivity index (χ1v) is 10.4. The molecule has 0 aliphatic heterocycles. The molecule has 2 atom stereocenters. The van der Waals surface area contributed by atoms with E-state index >= 15 is 0 Å². The summed E-state index contributed by atoms with van der Waals surface area (Å²) < 4.78 is 2.03. The molecular weight excluding hydrogens is 448 g/mol. The fourth-order valence-corrected chi connectivity index (χ4v) is 5.05. The third-order valence-electron chi connectivity index (χ3n) is 4.97. The molecular formula is C18H13Cl4N3OS. The van der Waals surface area contributed by atoms with Gasteiger partial charge in [-0.2, -0.15) is 4.52 Å². The Morgan fingerprint density at radius 3 is 2.52 bits per heavy atom. The van der Waals surface area contributed by atoms with Gasteiger partial charge in [-0.1, -0.05) is 77.7 Å². The Labute approximate surface area is 179 Å². The molecule has 0 radical (unpaired) electrons. The molecule has 0 bridgehead atoms. The number of hydrogen-bond acceptors (Lipinski definition) is 4. The van der Waals surface area contributed by atoms with E-state index in [-0.39, 0.29) is 27.3 Å². The Morgan fingerprint density at radius 1 is 1.26 bits per heavy atom. The van der Waals surface area contributed by atoms with Crippen molar-refractivity contribution in [2.24, 2.45) is 11.3 Å². The van der Waals surface area contributed by atoms with Crippen LogP contribution in [-0.4, -0.2) is 14.6 Å². The number of halogens is 4. The molecule has 1 saturated carbocycles. The quantitative estimate of drug-likeness (QED) is 0.548. The van der Waals surface area contributed by atoms with Crippen molar-refractivity contribution in [2.75, 3.05) is 0 Å². The fourth-order valence-electron chi connectivity index (χ4n) is 3.38. The Morgan fingerprint density at radius 2 is 1.93 bits per heavy atom. The highest BCUT2D eigenvalue weighted by Gasteiger charge is 2.59. The van der Waals surface area contributed by atoms with E-state index < -0.39 is 0 Å². The summed E-state index contributed by atoms with van der Waals surface area (Å²) in [5, 5.41) is 5.40. The van der Waals surface area contributed by atoms with Crippen molar-refractivity contribution < 1.29 is 0 Å². The van der Waals surface area contributed by atoms with E-state index in [2.05, 4.69) is 23.9 Å². The number of aromatic nitrogens is 3. The first-order chi connectivity index (χ1) is 12.7. The van der Waals surface area contributed by atoms with Crippen LogP contribution in [0.2, 0.25) is 10.0 Å². The molecule has 9 heteroatoms. The van der Waals surface area contributed by atoms with Crippen LogP contribution in [0.4, 0.5) is 0 Å². The van der Waals surface area contributed by atoms with Crippen LogP contribution in [0.15, 0.2) is 33.6 Å². The van der Waals surface area contributed by atoms with Crippen molar-refractivity contribution in [3.05, 3.63) is 65.1 Å². The fraction of sp³-hybridized carbons (Fsp3) is 0.278. The molecule has 3 aromatic rings. The van der Waals surface area contributed by atoms with Gasteiger partial charge in [-0.15, -0.1) is 5.10 Å². The van der Waals surface area contributed by atoms with E-state index in [1.54, 1.807) is 30.4 Å². The van der Waals surface area contributed by atoms with Crippen LogP contribution >= 0.6 is 57.7 Å². The van der Waals surface area contributed by atoms with Crippen LogP contribution < -0.4 is 10.1 Å². The molecule has 1 fully saturated rings. The summed E-state index contributed by atoms with van der Waals surface area (Å²) in [4.78, 5) is 17.8. The molecule has 2 unspecified atom stereocenters. The lowest BCUT2D eigenvalue weighted by molar-refractivity contribution is 0.585. The maximum atomic E-state index is 12.7. The average molecular weight is 461 g/mol. The summed E-state index contributed by atoms with van der Waals surface area (Å²) in [5.41, 5.74) is 0.299. The van der Waals surface area contributed by atoms with Gasteiger partial charge in [0.1, 0.15) is 4.49 Å². The van der Waals surface area contributed by atoms with E-state index in [0.717, 1.165) is 0 Å². The Kier molecular flexibility index (Phi) is 4.80. The standard InChI is InChI=1S/C18H13Cl4N3OS/c1-18(2)9(7-13(21)22)14(18)15-23-17-25(24-15)16(26)12(27-17)6-8-10(19)4-3-5-11(8)20/h3-7,9,14H,1-2H3/b12-6-. The van der Waals surface area contributed by atoms with E-state index in [1.807, 2.05) is 0 Å². The molecule has 1 aliphatic rings. The molecule has 2 aromatic heterocycles. The molecule has 0 saturated heterocycles. The normalized spacial score (nSPS) is 21.6. The Balaban J connectivity index is 1.77. The molecule has 0 amide bonds. The molecule has 4 rings (SSSR count). The summed E-state index contributed by atoms with van der Waals surface area (Å²) in [5.74, 6) is 0.839. The Bertz CT molecular complexity index is 1170. The topological polar surface area (TPSA) is 47.3 Å². The third-order valence-corrected chi connectivity index (χ3v) is 6.84. The summed E-state index contributed by atoms with van der Waals surface area (Å²) >= 11 is 25.2. The maximum absolute atomic E-state index is 12.7. The van der Waals surface area contributed by atoms with Gasteiger partial charge in [0.2, 0.25) is 4.96 Å². The minimum atomic E-state index is -0.245. The second kappa shape index (κ2) is 6.75. The van der Waals surface area contributed by atoms with Crippen molar-refractivity contribution in [3.8, 4) is 0 Å². The minimum absolute atomic E-state index is 0.0604. The lowest BCUT2D eigenvalue weighted by Crippen LogP contribution is -2.24. The molecule has 1 aromatic carbocycles. The van der Waals surface area contributed by atoms with E-state index in [9.17, 15) is 4.79 Å². The maximum Gasteiger partial charge on any atom is 0.291 e. The van der Waals surface area contributed by atoms with Crippen molar-refractivity contribution in [3.63, 3.8) is 0 Å². The van der Waals surface area contributed by atoms with Crippen molar-refractivity contribution in [2.45, 2.75) is 19.8 Å². The summed E-state index contributed by atoms with van der Waals surface area (Å²) in [6, 6.07) is 5.21. The molecule has 140 valence electrons. The molecule has 1 aliphatic carbocycles. The molecule has 2 heterocycles. The second-order valence-electron chi connectivity index (χ2n) is 7.00. The summed E-state index contributed by atoms with van der Waals surface area (Å²) in [7, 11) is 0. The molecule has 0 spiro atoms. The van der Waals surface area contributed by atoms with Crippen molar-refractivity contribution in [1.82, 2.24) is 14.6 Å². The van der Waals surface area contributed by atoms with Crippen LogP contribution in [0.3, 0.4) is 0 Å². The van der Waals surface area contributed by atoms with Crippen molar-refractivity contribution in [1.29, 1.82) is 0 Å². The van der Waals surface area contributed by atoms with Crippen LogP contribution in [0.25, 0.3) is 11.0 Å². The van der Waals surface area contributed by atoms with Crippen LogP contribution in [-0.2, 0) is 0 Å². The van der Waals surface area contributed by atoms with E-state index in [1.165, 1.54) is 15.9 Å². The van der Waals surface area contributed by atoms with Gasteiger partial charge < -0.3 is 0 Å². The van der Waals surface area contributed by atoms with E-state index in [0.29, 0.717) is 30.9 Å². The van der Waals surface area contributed by atoms with Gasteiger partial charge in [0.05, 0.1) is 4.53 Å². The first kappa shape index (κ1) is 19.2. The average Bonchev–Trinajstić information content (AvgIpc) is 2.86. The zero-order chi connectivity index (χ0) is 19.5. The highest BCUT2D eigenvalue weighted by atomic mass is 35.5. The molecule has 4 nitrogen and oxygen atoms in total. The highest BCUT2D eigenvalue weighted by Crippen LogP contribution is 2.64. The van der Waals surface area contributed by atoms with Crippen LogP contribution in [0, 0.1) is 11.3 Å². The van der Waals surface area contributed by atoms with Crippen molar-refractivity contribution >= 4 is 68.8 Å². The lowest BCUT2D eigenvalue weighted by atomic mass is 10.1. The van der Waals surface area contributed by atoms with Gasteiger partial charge in [0.15, 0.2) is 5.82 Å². The molecule has 27 heavy (non-hydrogen) atoms. The van der Waals surface area contributed by atoms with Gasteiger partial charge in [-0.3, -0.25) is 4.79 Å². The number of fused-ring (bicyclic) bond motifs is 1.